The van der Waals surface area contributed by atoms with Crippen LogP contribution in [0.3, 0.4) is 0 Å². The standard InChI is InChI=1S/C17H26FN/c1-5-17(8-6-7-9-17)16(19-4)15-12(2)10-14(18)11-13(15)3/h10-11,16,19H,5-9H2,1-4H3. The molecule has 19 heavy (non-hydrogen) atoms. The predicted octanol–water partition coefficient (Wildman–Crippen LogP) is 4.67. The van der Waals surface area contributed by atoms with Gasteiger partial charge in [-0.15, -0.1) is 0 Å². The average molecular weight is 263 g/mol. The Balaban J connectivity index is 2.47. The Bertz CT molecular complexity index is 424. The van der Waals surface area contributed by atoms with Crippen LogP contribution in [0.15, 0.2) is 12.1 Å². The Hall–Kier alpha value is -0.890. The molecule has 1 nitrogen and oxygen atoms in total. The molecule has 1 saturated carbocycles. The zero-order valence-electron chi connectivity index (χ0n) is 12.6. The molecule has 1 unspecified atom stereocenters. The van der Waals surface area contributed by atoms with Gasteiger partial charge in [-0.1, -0.05) is 19.8 Å². The van der Waals surface area contributed by atoms with E-state index in [0.717, 1.165) is 11.1 Å². The lowest BCUT2D eigenvalue weighted by atomic mass is 9.71. The van der Waals surface area contributed by atoms with E-state index in [-0.39, 0.29) is 5.82 Å². The second-order valence-electron chi connectivity index (χ2n) is 6.10. The molecule has 0 aliphatic heterocycles. The fraction of sp³-hybridized carbons (Fsp3) is 0.647. The van der Waals surface area contributed by atoms with Crippen LogP contribution in [0.5, 0.6) is 0 Å². The van der Waals surface area contributed by atoms with Crippen molar-refractivity contribution in [2.45, 2.75) is 58.9 Å². The van der Waals surface area contributed by atoms with Gasteiger partial charge in [0, 0.05) is 6.04 Å². The summed E-state index contributed by atoms with van der Waals surface area (Å²) >= 11 is 0. The fourth-order valence-electron chi connectivity index (χ4n) is 4.06. The van der Waals surface area contributed by atoms with Gasteiger partial charge in [0.1, 0.15) is 5.82 Å². The molecule has 0 bridgehead atoms. The summed E-state index contributed by atoms with van der Waals surface area (Å²) in [5.74, 6) is -0.120. The summed E-state index contributed by atoms with van der Waals surface area (Å²) in [5, 5.41) is 3.53. The molecule has 1 fully saturated rings. The predicted molar refractivity (Wildman–Crippen MR) is 78.9 cm³/mol. The number of rotatable bonds is 4. The number of halogens is 1. The van der Waals surface area contributed by atoms with Crippen molar-refractivity contribution in [3.05, 3.63) is 34.6 Å². The molecule has 0 saturated heterocycles. The van der Waals surface area contributed by atoms with Gasteiger partial charge in [-0.05, 0) is 74.4 Å². The SMILES string of the molecule is CCC1(C(NC)c2c(C)cc(F)cc2C)CCCC1. The molecule has 0 amide bonds. The van der Waals surface area contributed by atoms with Crippen molar-refractivity contribution < 1.29 is 4.39 Å². The van der Waals surface area contributed by atoms with Gasteiger partial charge in [0.15, 0.2) is 0 Å². The van der Waals surface area contributed by atoms with Crippen LogP contribution in [0, 0.1) is 25.1 Å². The highest BCUT2D eigenvalue weighted by atomic mass is 19.1. The molecule has 0 heterocycles. The molecular formula is C17H26FN. The van der Waals surface area contributed by atoms with Gasteiger partial charge < -0.3 is 5.32 Å². The Morgan fingerprint density at radius 3 is 2.16 bits per heavy atom. The van der Waals surface area contributed by atoms with Crippen LogP contribution in [-0.2, 0) is 0 Å². The second kappa shape index (κ2) is 5.62. The molecule has 1 aliphatic carbocycles. The maximum atomic E-state index is 13.5. The van der Waals surface area contributed by atoms with Gasteiger partial charge in [-0.3, -0.25) is 0 Å². The molecule has 106 valence electrons. The van der Waals surface area contributed by atoms with Crippen LogP contribution >= 0.6 is 0 Å². The third-order valence-corrected chi connectivity index (χ3v) is 5.05. The van der Waals surface area contributed by atoms with Crippen LogP contribution in [0.1, 0.15) is 61.8 Å². The first-order valence-corrected chi connectivity index (χ1v) is 7.48. The zero-order valence-corrected chi connectivity index (χ0v) is 12.6. The largest absolute Gasteiger partial charge is 0.313 e. The van der Waals surface area contributed by atoms with Gasteiger partial charge in [0.25, 0.3) is 0 Å². The van der Waals surface area contributed by atoms with Gasteiger partial charge in [-0.2, -0.15) is 0 Å². The van der Waals surface area contributed by atoms with Crippen LogP contribution in [0.2, 0.25) is 0 Å². The topological polar surface area (TPSA) is 12.0 Å². The van der Waals surface area contributed by atoms with Gasteiger partial charge in [-0.25, -0.2) is 4.39 Å². The van der Waals surface area contributed by atoms with Gasteiger partial charge in [0.2, 0.25) is 0 Å². The van der Waals surface area contributed by atoms with Gasteiger partial charge in [0.05, 0.1) is 0 Å². The number of benzene rings is 1. The first-order chi connectivity index (χ1) is 9.04. The Kier molecular flexibility index (Phi) is 4.29. The highest BCUT2D eigenvalue weighted by molar-refractivity contribution is 5.38. The van der Waals surface area contributed by atoms with Crippen LogP contribution < -0.4 is 5.32 Å². The Morgan fingerprint density at radius 1 is 1.21 bits per heavy atom. The normalized spacial score (nSPS) is 19.6. The zero-order chi connectivity index (χ0) is 14.0. The lowest BCUT2D eigenvalue weighted by molar-refractivity contribution is 0.194. The number of hydrogen-bond donors (Lipinski definition) is 1. The van der Waals surface area contributed by atoms with E-state index in [1.807, 2.05) is 20.9 Å². The maximum absolute atomic E-state index is 13.5. The lowest BCUT2D eigenvalue weighted by Gasteiger charge is -2.38. The van der Waals surface area contributed by atoms with Crippen molar-refractivity contribution in [1.82, 2.24) is 5.32 Å². The minimum Gasteiger partial charge on any atom is -0.313 e. The van der Waals surface area contributed by atoms with Crippen molar-refractivity contribution in [3.63, 3.8) is 0 Å². The summed E-state index contributed by atoms with van der Waals surface area (Å²) in [6.45, 7) is 6.37. The molecule has 0 spiro atoms. The molecule has 1 aromatic carbocycles. The molecule has 1 aliphatic rings. The van der Waals surface area contributed by atoms with Crippen molar-refractivity contribution >= 4 is 0 Å². The van der Waals surface area contributed by atoms with E-state index in [1.165, 1.54) is 37.7 Å². The molecule has 0 aromatic heterocycles. The van der Waals surface area contributed by atoms with Crippen LogP contribution in [0.25, 0.3) is 0 Å². The smallest absolute Gasteiger partial charge is 0.123 e. The molecular weight excluding hydrogens is 237 g/mol. The number of hydrogen-bond acceptors (Lipinski definition) is 1. The molecule has 1 aromatic rings. The third kappa shape index (κ3) is 2.55. The monoisotopic (exact) mass is 263 g/mol. The Morgan fingerprint density at radius 2 is 1.74 bits per heavy atom. The lowest BCUT2D eigenvalue weighted by Crippen LogP contribution is -2.35. The van der Waals surface area contributed by atoms with E-state index >= 15 is 0 Å². The molecule has 0 radical (unpaired) electrons. The van der Waals surface area contributed by atoms with Gasteiger partial charge >= 0.3 is 0 Å². The van der Waals surface area contributed by atoms with E-state index in [0.29, 0.717) is 11.5 Å². The maximum Gasteiger partial charge on any atom is 0.123 e. The van der Waals surface area contributed by atoms with E-state index in [4.69, 9.17) is 0 Å². The first kappa shape index (κ1) is 14.5. The van der Waals surface area contributed by atoms with Crippen molar-refractivity contribution in [2.75, 3.05) is 7.05 Å². The second-order valence-corrected chi connectivity index (χ2v) is 6.10. The summed E-state index contributed by atoms with van der Waals surface area (Å²) in [6.07, 6.45) is 6.40. The molecule has 1 N–H and O–H groups in total. The highest BCUT2D eigenvalue weighted by Gasteiger charge is 2.40. The van der Waals surface area contributed by atoms with Crippen molar-refractivity contribution in [1.29, 1.82) is 0 Å². The highest BCUT2D eigenvalue weighted by Crippen LogP contribution is 2.51. The molecule has 2 heteroatoms. The quantitative estimate of drug-likeness (QED) is 0.832. The van der Waals surface area contributed by atoms with Crippen molar-refractivity contribution in [3.8, 4) is 0 Å². The number of aryl methyl sites for hydroxylation is 2. The first-order valence-electron chi connectivity index (χ1n) is 7.48. The summed E-state index contributed by atoms with van der Waals surface area (Å²) in [5.41, 5.74) is 3.82. The van der Waals surface area contributed by atoms with E-state index in [9.17, 15) is 4.39 Å². The Labute approximate surface area is 116 Å². The third-order valence-electron chi connectivity index (χ3n) is 5.05. The van der Waals surface area contributed by atoms with Crippen LogP contribution in [-0.4, -0.2) is 7.05 Å². The fourth-order valence-corrected chi connectivity index (χ4v) is 4.06. The summed E-state index contributed by atoms with van der Waals surface area (Å²) in [6, 6.07) is 3.69. The van der Waals surface area contributed by atoms with E-state index < -0.39 is 0 Å². The minimum atomic E-state index is -0.120. The van der Waals surface area contributed by atoms with Crippen LogP contribution in [0.4, 0.5) is 4.39 Å². The summed E-state index contributed by atoms with van der Waals surface area (Å²) < 4.78 is 13.5. The average Bonchev–Trinajstić information content (AvgIpc) is 2.83. The summed E-state index contributed by atoms with van der Waals surface area (Å²) in [4.78, 5) is 0. The molecule has 1 atom stereocenters. The molecule has 2 rings (SSSR count). The summed E-state index contributed by atoms with van der Waals surface area (Å²) in [7, 11) is 2.04. The number of nitrogens with one attached hydrogen (secondary N) is 1. The van der Waals surface area contributed by atoms with E-state index in [1.54, 1.807) is 12.1 Å². The van der Waals surface area contributed by atoms with Crippen molar-refractivity contribution in [2.24, 2.45) is 5.41 Å². The minimum absolute atomic E-state index is 0.120. The van der Waals surface area contributed by atoms with E-state index in [2.05, 4.69) is 12.2 Å².